The highest BCUT2D eigenvalue weighted by molar-refractivity contribution is 5.90. The van der Waals surface area contributed by atoms with Crippen LogP contribution in [-0.4, -0.2) is 55.1 Å². The van der Waals surface area contributed by atoms with Crippen molar-refractivity contribution in [3.05, 3.63) is 35.9 Å². The van der Waals surface area contributed by atoms with Crippen molar-refractivity contribution in [1.29, 1.82) is 0 Å². The Kier molecular flexibility index (Phi) is 10.7. The molecule has 1 aliphatic heterocycles. The number of nitrogens with zero attached hydrogens (tertiary/aromatic N) is 1. The molecule has 2 atom stereocenters. The summed E-state index contributed by atoms with van der Waals surface area (Å²) in [6.07, 6.45) is 3.90. The van der Waals surface area contributed by atoms with E-state index in [0.717, 1.165) is 19.3 Å². The summed E-state index contributed by atoms with van der Waals surface area (Å²) in [5, 5.41) is 5.72. The van der Waals surface area contributed by atoms with Crippen LogP contribution in [0.3, 0.4) is 0 Å². The molecule has 1 aromatic carbocycles. The van der Waals surface area contributed by atoms with Crippen LogP contribution < -0.4 is 10.6 Å². The second-order valence-electron chi connectivity index (χ2n) is 9.97. The highest BCUT2D eigenvalue weighted by atomic mass is 16.5. The van der Waals surface area contributed by atoms with Crippen LogP contribution in [-0.2, 0) is 20.7 Å². The summed E-state index contributed by atoms with van der Waals surface area (Å²) in [5.41, 5.74) is 1.33. The van der Waals surface area contributed by atoms with Crippen LogP contribution in [0.1, 0.15) is 58.9 Å². The van der Waals surface area contributed by atoms with Crippen LogP contribution in [0.4, 0.5) is 4.79 Å². The minimum Gasteiger partial charge on any atom is -0.467 e. The largest absolute Gasteiger partial charge is 0.467 e. The van der Waals surface area contributed by atoms with E-state index in [9.17, 15) is 14.4 Å². The highest BCUT2D eigenvalue weighted by Gasteiger charge is 2.30. The number of carbonyl (C=O) groups is 3. The number of nitrogens with one attached hydrogen (secondary N) is 2. The standard InChI is InChI=1S/C26H41N3O4/c1-18(2)15-22(24(30)27-23(16-19(3)4)25(31)33-5)28-26(32)29-13-11-21(12-14-29)17-20-9-7-6-8-10-20/h6-10,18-19,21-23H,11-17H2,1-5H3,(H,27,30)(H,28,32)/t22-,23-/m0/s1. The molecule has 1 aliphatic rings. The molecule has 1 heterocycles. The number of ether oxygens (including phenoxy) is 1. The molecular weight excluding hydrogens is 418 g/mol. The number of urea groups is 1. The number of amides is 3. The van der Waals surface area contributed by atoms with E-state index in [0.29, 0.717) is 31.8 Å². The van der Waals surface area contributed by atoms with Crippen LogP contribution in [0.5, 0.6) is 0 Å². The Hall–Kier alpha value is -2.57. The first-order valence-electron chi connectivity index (χ1n) is 12.2. The molecule has 33 heavy (non-hydrogen) atoms. The number of methoxy groups -OCH3 is 1. The van der Waals surface area contributed by atoms with Crippen molar-refractivity contribution in [3.63, 3.8) is 0 Å². The molecule has 0 unspecified atom stereocenters. The average Bonchev–Trinajstić information content (AvgIpc) is 2.78. The van der Waals surface area contributed by atoms with Crippen molar-refractivity contribution in [2.45, 2.75) is 71.9 Å². The molecule has 1 fully saturated rings. The fraction of sp³-hybridized carbons (Fsp3) is 0.654. The number of benzene rings is 1. The number of likely N-dealkylation sites (tertiary alicyclic amines) is 1. The summed E-state index contributed by atoms with van der Waals surface area (Å²) >= 11 is 0. The zero-order chi connectivity index (χ0) is 24.4. The summed E-state index contributed by atoms with van der Waals surface area (Å²) in [5.74, 6) is 0.173. The molecular formula is C26H41N3O4. The Morgan fingerprint density at radius 1 is 0.939 bits per heavy atom. The number of esters is 1. The average molecular weight is 460 g/mol. The van der Waals surface area contributed by atoms with Gasteiger partial charge < -0.3 is 20.3 Å². The van der Waals surface area contributed by atoms with E-state index in [2.05, 4.69) is 34.9 Å². The fourth-order valence-corrected chi connectivity index (χ4v) is 4.33. The predicted molar refractivity (Wildman–Crippen MR) is 130 cm³/mol. The third-order valence-corrected chi connectivity index (χ3v) is 6.10. The Labute approximate surface area is 198 Å². The summed E-state index contributed by atoms with van der Waals surface area (Å²) in [6.45, 7) is 9.34. The van der Waals surface area contributed by atoms with Crippen LogP contribution in [0, 0.1) is 17.8 Å². The number of carbonyl (C=O) groups excluding carboxylic acids is 3. The molecule has 3 amide bonds. The van der Waals surface area contributed by atoms with Crippen molar-refractivity contribution >= 4 is 17.9 Å². The summed E-state index contributed by atoms with van der Waals surface area (Å²) in [6, 6.07) is 8.81. The quantitative estimate of drug-likeness (QED) is 0.522. The molecule has 0 saturated carbocycles. The predicted octanol–water partition coefficient (Wildman–Crippen LogP) is 3.77. The van der Waals surface area contributed by atoms with Crippen molar-refractivity contribution in [2.75, 3.05) is 20.2 Å². The molecule has 0 bridgehead atoms. The fourth-order valence-electron chi connectivity index (χ4n) is 4.33. The van der Waals surface area contributed by atoms with Crippen LogP contribution in [0.25, 0.3) is 0 Å². The number of piperidine rings is 1. The maximum absolute atomic E-state index is 13.0. The number of rotatable bonds is 10. The minimum absolute atomic E-state index is 0.208. The van der Waals surface area contributed by atoms with E-state index in [4.69, 9.17) is 4.74 Å². The molecule has 0 aliphatic carbocycles. The van der Waals surface area contributed by atoms with Gasteiger partial charge in [0.05, 0.1) is 7.11 Å². The molecule has 2 rings (SSSR count). The van der Waals surface area contributed by atoms with Gasteiger partial charge in [0, 0.05) is 13.1 Å². The van der Waals surface area contributed by atoms with Gasteiger partial charge in [-0.1, -0.05) is 58.0 Å². The van der Waals surface area contributed by atoms with Gasteiger partial charge in [0.1, 0.15) is 12.1 Å². The molecule has 7 heteroatoms. The maximum atomic E-state index is 13.0. The van der Waals surface area contributed by atoms with E-state index in [1.165, 1.54) is 12.7 Å². The van der Waals surface area contributed by atoms with E-state index < -0.39 is 18.1 Å². The van der Waals surface area contributed by atoms with Gasteiger partial charge in [-0.2, -0.15) is 0 Å². The lowest BCUT2D eigenvalue weighted by molar-refractivity contribution is -0.145. The van der Waals surface area contributed by atoms with E-state index in [-0.39, 0.29) is 23.8 Å². The maximum Gasteiger partial charge on any atom is 0.328 e. The van der Waals surface area contributed by atoms with Crippen LogP contribution in [0.2, 0.25) is 0 Å². The molecule has 1 aromatic rings. The van der Waals surface area contributed by atoms with E-state index in [1.54, 1.807) is 4.90 Å². The molecule has 1 saturated heterocycles. The van der Waals surface area contributed by atoms with Gasteiger partial charge in [-0.05, 0) is 55.4 Å². The van der Waals surface area contributed by atoms with Gasteiger partial charge in [0.25, 0.3) is 0 Å². The van der Waals surface area contributed by atoms with Crippen LogP contribution >= 0.6 is 0 Å². The lowest BCUT2D eigenvalue weighted by Gasteiger charge is -2.33. The SMILES string of the molecule is COC(=O)[C@H](CC(C)C)NC(=O)[C@H](CC(C)C)NC(=O)N1CCC(Cc2ccccc2)CC1. The van der Waals surface area contributed by atoms with Gasteiger partial charge in [-0.3, -0.25) is 4.79 Å². The summed E-state index contributed by atoms with van der Waals surface area (Å²) in [7, 11) is 1.32. The Balaban J connectivity index is 1.93. The Morgan fingerprint density at radius 3 is 2.06 bits per heavy atom. The van der Waals surface area contributed by atoms with Gasteiger partial charge in [-0.25, -0.2) is 9.59 Å². The van der Waals surface area contributed by atoms with Gasteiger partial charge in [0.2, 0.25) is 5.91 Å². The lowest BCUT2D eigenvalue weighted by Crippen LogP contribution is -2.55. The molecule has 0 aromatic heterocycles. The molecule has 184 valence electrons. The Morgan fingerprint density at radius 2 is 1.52 bits per heavy atom. The monoisotopic (exact) mass is 459 g/mol. The number of hydrogen-bond donors (Lipinski definition) is 2. The molecule has 0 radical (unpaired) electrons. The zero-order valence-corrected chi connectivity index (χ0v) is 20.8. The third kappa shape index (κ3) is 9.06. The van der Waals surface area contributed by atoms with Gasteiger partial charge in [0.15, 0.2) is 0 Å². The highest BCUT2D eigenvalue weighted by Crippen LogP contribution is 2.22. The van der Waals surface area contributed by atoms with Crippen molar-refractivity contribution in [3.8, 4) is 0 Å². The molecule has 7 nitrogen and oxygen atoms in total. The van der Waals surface area contributed by atoms with Crippen molar-refractivity contribution in [2.24, 2.45) is 17.8 Å². The number of hydrogen-bond acceptors (Lipinski definition) is 4. The lowest BCUT2D eigenvalue weighted by atomic mass is 9.90. The van der Waals surface area contributed by atoms with Crippen molar-refractivity contribution in [1.82, 2.24) is 15.5 Å². The van der Waals surface area contributed by atoms with Gasteiger partial charge in [-0.15, -0.1) is 0 Å². The third-order valence-electron chi connectivity index (χ3n) is 6.10. The smallest absolute Gasteiger partial charge is 0.328 e. The summed E-state index contributed by atoms with van der Waals surface area (Å²) < 4.78 is 4.85. The normalized spacial score (nSPS) is 16.4. The second kappa shape index (κ2) is 13.2. The van der Waals surface area contributed by atoms with Gasteiger partial charge >= 0.3 is 12.0 Å². The van der Waals surface area contributed by atoms with Crippen LogP contribution in [0.15, 0.2) is 30.3 Å². The van der Waals surface area contributed by atoms with Crippen molar-refractivity contribution < 1.29 is 19.1 Å². The van der Waals surface area contributed by atoms with E-state index >= 15 is 0 Å². The molecule has 0 spiro atoms. The second-order valence-corrected chi connectivity index (χ2v) is 9.97. The molecule has 2 N–H and O–H groups in total. The first kappa shape index (κ1) is 26.7. The summed E-state index contributed by atoms with van der Waals surface area (Å²) in [4.78, 5) is 39.9. The Bertz CT molecular complexity index is 758. The zero-order valence-electron chi connectivity index (χ0n) is 20.8. The first-order chi connectivity index (χ1) is 15.7. The van der Waals surface area contributed by atoms with E-state index in [1.807, 2.05) is 33.8 Å². The topological polar surface area (TPSA) is 87.7 Å². The minimum atomic E-state index is -0.720. The first-order valence-corrected chi connectivity index (χ1v) is 12.2.